The summed E-state index contributed by atoms with van der Waals surface area (Å²) in [7, 11) is 6.96. The van der Waals surface area contributed by atoms with Crippen molar-refractivity contribution in [2.75, 3.05) is 40.2 Å². The molecule has 10 heteroatoms. The van der Waals surface area contributed by atoms with E-state index in [-0.39, 0.29) is 17.8 Å². The lowest BCUT2D eigenvalue weighted by atomic mass is 9.99. The molecule has 0 radical (unpaired) electrons. The number of aromatic nitrogens is 3. The Balaban J connectivity index is 1.65. The standard InChI is InChI=1S/C36H36ClN5O4/c1-23(25-10-6-9-24(15-25)16-28(43)12-8-14-41(2)3)42-32-20-34(40-27-11-7-13-38-22-27)39-21-26(32)17-31(36(42)44)30-18-29(45-4)19-33(46-5)35(30)37/h6-13,15,17-23H,14,16H2,1-5H3,(H,39,40)/b12-8+. The topological polar surface area (TPSA) is 98.6 Å². The third-order valence-corrected chi connectivity index (χ3v) is 7.98. The summed E-state index contributed by atoms with van der Waals surface area (Å²) in [6, 6.07) is 18.1. The van der Waals surface area contributed by atoms with Crippen molar-refractivity contribution in [3.05, 3.63) is 118 Å². The number of pyridine rings is 3. The van der Waals surface area contributed by atoms with Crippen molar-refractivity contribution in [1.82, 2.24) is 19.4 Å². The second kappa shape index (κ2) is 14.4. The number of methoxy groups -OCH3 is 2. The van der Waals surface area contributed by atoms with Crippen LogP contribution in [-0.2, 0) is 11.2 Å². The molecule has 1 N–H and O–H groups in total. The molecule has 2 aromatic carbocycles. The van der Waals surface area contributed by atoms with E-state index in [0.29, 0.717) is 45.5 Å². The van der Waals surface area contributed by atoms with Crippen LogP contribution in [-0.4, -0.2) is 60.1 Å². The first-order valence-corrected chi connectivity index (χ1v) is 15.1. The number of halogens is 1. The number of likely N-dealkylation sites (N-methyl/N-ethyl adjacent to an activating group) is 1. The molecule has 0 saturated heterocycles. The fourth-order valence-electron chi connectivity index (χ4n) is 5.26. The zero-order valence-corrected chi connectivity index (χ0v) is 27.2. The second-order valence-corrected chi connectivity index (χ2v) is 11.5. The molecule has 5 aromatic rings. The van der Waals surface area contributed by atoms with Crippen molar-refractivity contribution in [3.8, 4) is 22.6 Å². The first-order valence-electron chi connectivity index (χ1n) is 14.8. The largest absolute Gasteiger partial charge is 0.497 e. The van der Waals surface area contributed by atoms with E-state index in [9.17, 15) is 9.59 Å². The van der Waals surface area contributed by atoms with Gasteiger partial charge in [0, 0.05) is 54.0 Å². The van der Waals surface area contributed by atoms with E-state index in [1.807, 2.05) is 74.5 Å². The number of anilines is 2. The Morgan fingerprint density at radius 2 is 1.87 bits per heavy atom. The Hall–Kier alpha value is -4.99. The number of fused-ring (bicyclic) bond motifs is 1. The van der Waals surface area contributed by atoms with Crippen molar-refractivity contribution in [3.63, 3.8) is 0 Å². The number of ether oxygens (including phenoxy) is 2. The van der Waals surface area contributed by atoms with Crippen LogP contribution in [0.15, 0.2) is 96.2 Å². The first-order chi connectivity index (χ1) is 22.2. The normalized spacial score (nSPS) is 12.1. The van der Waals surface area contributed by atoms with Crippen LogP contribution in [0.4, 0.5) is 11.5 Å². The summed E-state index contributed by atoms with van der Waals surface area (Å²) in [6.07, 6.45) is 8.85. The molecule has 1 atom stereocenters. The van der Waals surface area contributed by atoms with Crippen molar-refractivity contribution in [2.24, 2.45) is 0 Å². The van der Waals surface area contributed by atoms with Crippen LogP contribution in [0.3, 0.4) is 0 Å². The quantitative estimate of drug-likeness (QED) is 0.151. The van der Waals surface area contributed by atoms with E-state index >= 15 is 0 Å². The van der Waals surface area contributed by atoms with E-state index in [4.69, 9.17) is 21.1 Å². The van der Waals surface area contributed by atoms with Crippen LogP contribution in [0.25, 0.3) is 22.0 Å². The number of carbonyl (C=O) groups excluding carboxylic acids is 1. The Morgan fingerprint density at radius 1 is 1.04 bits per heavy atom. The molecule has 0 bridgehead atoms. The molecule has 5 rings (SSSR count). The van der Waals surface area contributed by atoms with Gasteiger partial charge in [0.05, 0.1) is 42.7 Å². The lowest BCUT2D eigenvalue weighted by Gasteiger charge is -2.22. The molecule has 9 nitrogen and oxygen atoms in total. The molecule has 0 aliphatic heterocycles. The maximum Gasteiger partial charge on any atom is 0.259 e. The predicted molar refractivity (Wildman–Crippen MR) is 184 cm³/mol. The fourth-order valence-corrected chi connectivity index (χ4v) is 5.55. The van der Waals surface area contributed by atoms with Crippen LogP contribution in [0, 0.1) is 0 Å². The summed E-state index contributed by atoms with van der Waals surface area (Å²) in [5.74, 6) is 1.45. The van der Waals surface area contributed by atoms with Crippen molar-refractivity contribution in [2.45, 2.75) is 19.4 Å². The number of hydrogen-bond acceptors (Lipinski definition) is 8. The fraction of sp³-hybridized carbons (Fsp3) is 0.222. The summed E-state index contributed by atoms with van der Waals surface area (Å²) >= 11 is 6.78. The van der Waals surface area contributed by atoms with Gasteiger partial charge in [-0.3, -0.25) is 14.6 Å². The van der Waals surface area contributed by atoms with Crippen molar-refractivity contribution >= 4 is 39.8 Å². The highest BCUT2D eigenvalue weighted by Gasteiger charge is 2.22. The minimum atomic E-state index is -0.422. The lowest BCUT2D eigenvalue weighted by Crippen LogP contribution is -2.26. The molecule has 0 fully saturated rings. The number of hydrogen-bond donors (Lipinski definition) is 1. The van der Waals surface area contributed by atoms with Gasteiger partial charge < -0.3 is 24.3 Å². The molecule has 236 valence electrons. The minimum Gasteiger partial charge on any atom is -0.497 e. The van der Waals surface area contributed by atoms with E-state index in [1.54, 1.807) is 54.5 Å². The highest BCUT2D eigenvalue weighted by atomic mass is 35.5. The van der Waals surface area contributed by atoms with Gasteiger partial charge in [0.2, 0.25) is 0 Å². The molecule has 0 aliphatic carbocycles. The van der Waals surface area contributed by atoms with E-state index in [2.05, 4.69) is 15.3 Å². The molecule has 3 heterocycles. The smallest absolute Gasteiger partial charge is 0.259 e. The monoisotopic (exact) mass is 637 g/mol. The highest BCUT2D eigenvalue weighted by molar-refractivity contribution is 6.35. The molecule has 0 amide bonds. The van der Waals surface area contributed by atoms with Crippen LogP contribution in [0.1, 0.15) is 24.1 Å². The number of benzene rings is 2. The zero-order chi connectivity index (χ0) is 32.8. The molecule has 46 heavy (non-hydrogen) atoms. The third-order valence-electron chi connectivity index (χ3n) is 7.59. The molecule has 1 unspecified atom stereocenters. The van der Waals surface area contributed by atoms with Crippen molar-refractivity contribution in [1.29, 1.82) is 0 Å². The Bertz CT molecular complexity index is 1960. The number of ketones is 1. The second-order valence-electron chi connectivity index (χ2n) is 11.1. The summed E-state index contributed by atoms with van der Waals surface area (Å²) in [6.45, 7) is 2.65. The highest BCUT2D eigenvalue weighted by Crippen LogP contribution is 2.39. The van der Waals surface area contributed by atoms with Gasteiger partial charge in [-0.2, -0.15) is 0 Å². The average molecular weight is 638 g/mol. The van der Waals surface area contributed by atoms with Gasteiger partial charge in [0.1, 0.15) is 17.3 Å². The van der Waals surface area contributed by atoms with Gasteiger partial charge in [-0.25, -0.2) is 4.98 Å². The number of allylic oxidation sites excluding steroid dienone is 1. The number of nitrogens with zero attached hydrogens (tertiary/aromatic N) is 4. The van der Waals surface area contributed by atoms with Crippen LogP contribution < -0.4 is 20.3 Å². The molecule has 3 aromatic heterocycles. The third kappa shape index (κ3) is 7.28. The zero-order valence-electron chi connectivity index (χ0n) is 26.5. The van der Waals surface area contributed by atoms with Gasteiger partial charge in [-0.1, -0.05) is 41.9 Å². The Labute approximate surface area is 273 Å². The van der Waals surface area contributed by atoms with Crippen LogP contribution in [0.5, 0.6) is 11.5 Å². The van der Waals surface area contributed by atoms with E-state index < -0.39 is 6.04 Å². The van der Waals surface area contributed by atoms with Crippen LogP contribution >= 0.6 is 11.6 Å². The maximum atomic E-state index is 14.6. The average Bonchev–Trinajstić information content (AvgIpc) is 3.05. The summed E-state index contributed by atoms with van der Waals surface area (Å²) in [5, 5.41) is 4.30. The first kappa shape index (κ1) is 32.4. The number of rotatable bonds is 12. The van der Waals surface area contributed by atoms with Gasteiger partial charge >= 0.3 is 0 Å². The molecule has 0 aliphatic rings. The van der Waals surface area contributed by atoms with E-state index in [1.165, 1.54) is 7.11 Å². The van der Waals surface area contributed by atoms with Gasteiger partial charge in [0.25, 0.3) is 5.56 Å². The summed E-state index contributed by atoms with van der Waals surface area (Å²) < 4.78 is 12.7. The summed E-state index contributed by atoms with van der Waals surface area (Å²) in [4.78, 5) is 38.0. The van der Waals surface area contributed by atoms with Crippen LogP contribution in [0.2, 0.25) is 5.02 Å². The molecule has 0 saturated carbocycles. The van der Waals surface area contributed by atoms with Gasteiger partial charge in [-0.05, 0) is 62.5 Å². The Morgan fingerprint density at radius 3 is 2.59 bits per heavy atom. The SMILES string of the molecule is COc1cc(OC)c(Cl)c(-c2cc3cnc(Nc4cccnc4)cc3n(C(C)c3cccc(CC(=O)/C=C/CN(C)C)c3)c2=O)c1. The summed E-state index contributed by atoms with van der Waals surface area (Å²) in [5.41, 5.74) is 3.75. The van der Waals surface area contributed by atoms with Gasteiger partial charge in [0.15, 0.2) is 5.78 Å². The van der Waals surface area contributed by atoms with Crippen molar-refractivity contribution < 1.29 is 14.3 Å². The molecular weight excluding hydrogens is 602 g/mol. The number of carbonyl (C=O) groups is 1. The predicted octanol–water partition coefficient (Wildman–Crippen LogP) is 6.71. The molecule has 0 spiro atoms. The lowest BCUT2D eigenvalue weighted by molar-refractivity contribution is -0.114. The molecular formula is C36H36ClN5O4. The Kier molecular flexibility index (Phi) is 10.1. The number of nitrogens with one attached hydrogen (secondary N) is 1. The maximum absolute atomic E-state index is 14.6. The van der Waals surface area contributed by atoms with E-state index in [0.717, 1.165) is 22.2 Å². The minimum absolute atomic E-state index is 0.00933. The van der Waals surface area contributed by atoms with Gasteiger partial charge in [-0.15, -0.1) is 0 Å².